The quantitative estimate of drug-likeness (QED) is 0.484. The summed E-state index contributed by atoms with van der Waals surface area (Å²) in [6.45, 7) is 0. The van der Waals surface area contributed by atoms with E-state index < -0.39 is 0 Å². The number of halogens is 1. The molecule has 1 saturated heterocycles. The molecule has 1 amide bonds. The van der Waals surface area contributed by atoms with Gasteiger partial charge < -0.3 is 4.74 Å². The first-order chi connectivity index (χ1) is 13.2. The number of hydrogen-bond acceptors (Lipinski definition) is 2. The summed E-state index contributed by atoms with van der Waals surface area (Å²) in [5.74, 6) is 0.389. The summed E-state index contributed by atoms with van der Waals surface area (Å²) in [5, 5.41) is 0. The number of hydrogen-bond donors (Lipinski definition) is 0. The summed E-state index contributed by atoms with van der Waals surface area (Å²) in [6, 6.07) is 23.3. The Morgan fingerprint density at radius 3 is 2.22 bits per heavy atom. The third-order valence-electron chi connectivity index (χ3n) is 4.68. The van der Waals surface area contributed by atoms with Crippen molar-refractivity contribution in [1.82, 2.24) is 0 Å². The van der Waals surface area contributed by atoms with Crippen LogP contribution in [0, 0.1) is 5.82 Å². The molecule has 1 heterocycles. The van der Waals surface area contributed by atoms with Crippen molar-refractivity contribution in [2.24, 2.45) is 0 Å². The molecule has 3 nitrogen and oxygen atoms in total. The van der Waals surface area contributed by atoms with E-state index >= 15 is 0 Å². The number of rotatable bonds is 4. The number of amides is 1. The first kappa shape index (κ1) is 17.0. The third-order valence-corrected chi connectivity index (χ3v) is 4.68. The van der Waals surface area contributed by atoms with Gasteiger partial charge in [0.15, 0.2) is 0 Å². The maximum absolute atomic E-state index is 13.2. The molecule has 3 aromatic carbocycles. The molecule has 0 N–H and O–H groups in total. The highest BCUT2D eigenvalue weighted by Gasteiger charge is 2.43. The lowest BCUT2D eigenvalue weighted by Crippen LogP contribution is -2.49. The standard InChI is InChI=1S/C23H18FNO2/c1-27-20-13-11-19(12-14-20)25-22(17-5-3-2-4-6-17)21(23(25)26)15-16-7-9-18(24)10-8-16/h2-15,22H,1H3/b21-15-/t22-/m1/s1. The fraction of sp³-hybridized carbons (Fsp3) is 0.0870. The Bertz CT molecular complexity index is 979. The second kappa shape index (κ2) is 7.08. The van der Waals surface area contributed by atoms with Gasteiger partial charge in [-0.25, -0.2) is 4.39 Å². The van der Waals surface area contributed by atoms with Gasteiger partial charge in [0, 0.05) is 11.3 Å². The maximum Gasteiger partial charge on any atom is 0.257 e. The Labute approximate surface area is 157 Å². The Morgan fingerprint density at radius 2 is 1.59 bits per heavy atom. The van der Waals surface area contributed by atoms with Crippen LogP contribution in [0.2, 0.25) is 0 Å². The largest absolute Gasteiger partial charge is 0.497 e. The first-order valence-corrected chi connectivity index (χ1v) is 8.67. The summed E-state index contributed by atoms with van der Waals surface area (Å²) in [7, 11) is 1.61. The van der Waals surface area contributed by atoms with Crippen molar-refractivity contribution in [3.8, 4) is 5.75 Å². The second-order valence-corrected chi connectivity index (χ2v) is 6.34. The molecule has 0 unspecified atom stereocenters. The van der Waals surface area contributed by atoms with Crippen molar-refractivity contribution < 1.29 is 13.9 Å². The SMILES string of the molecule is COc1ccc(N2C(=O)/C(=C\c3ccc(F)cc3)[C@H]2c2ccccc2)cc1. The first-order valence-electron chi connectivity index (χ1n) is 8.67. The average Bonchev–Trinajstić information content (AvgIpc) is 2.72. The Morgan fingerprint density at radius 1 is 0.926 bits per heavy atom. The molecule has 0 saturated carbocycles. The van der Waals surface area contributed by atoms with Gasteiger partial charge in [0.05, 0.1) is 13.2 Å². The van der Waals surface area contributed by atoms with Crippen molar-refractivity contribution in [2.45, 2.75) is 6.04 Å². The zero-order valence-corrected chi connectivity index (χ0v) is 14.8. The number of β-lactam (4-membered cyclic amide) rings is 1. The molecule has 1 aliphatic heterocycles. The van der Waals surface area contributed by atoms with E-state index in [9.17, 15) is 9.18 Å². The minimum atomic E-state index is -0.295. The van der Waals surface area contributed by atoms with Crippen LogP contribution in [0.3, 0.4) is 0 Å². The van der Waals surface area contributed by atoms with Crippen LogP contribution in [0.15, 0.2) is 84.4 Å². The normalized spacial score (nSPS) is 17.7. The lowest BCUT2D eigenvalue weighted by atomic mass is 9.86. The van der Waals surface area contributed by atoms with E-state index in [-0.39, 0.29) is 17.8 Å². The number of anilines is 1. The Hall–Kier alpha value is -3.40. The van der Waals surface area contributed by atoms with Crippen LogP contribution in [0.1, 0.15) is 17.2 Å². The topological polar surface area (TPSA) is 29.5 Å². The zero-order valence-electron chi connectivity index (χ0n) is 14.8. The predicted molar refractivity (Wildman–Crippen MR) is 104 cm³/mol. The van der Waals surface area contributed by atoms with Gasteiger partial charge in [0.1, 0.15) is 11.6 Å². The number of benzene rings is 3. The molecular weight excluding hydrogens is 341 g/mol. The molecule has 0 aromatic heterocycles. The molecule has 0 radical (unpaired) electrons. The Kier molecular flexibility index (Phi) is 4.47. The van der Waals surface area contributed by atoms with Gasteiger partial charge in [-0.2, -0.15) is 0 Å². The van der Waals surface area contributed by atoms with Crippen molar-refractivity contribution in [3.05, 3.63) is 101 Å². The van der Waals surface area contributed by atoms with E-state index in [1.54, 1.807) is 24.1 Å². The van der Waals surface area contributed by atoms with E-state index in [4.69, 9.17) is 4.74 Å². The molecule has 1 aliphatic rings. The molecule has 4 rings (SSSR count). The zero-order chi connectivity index (χ0) is 18.8. The number of carbonyl (C=O) groups is 1. The van der Waals surface area contributed by atoms with Gasteiger partial charge >= 0.3 is 0 Å². The van der Waals surface area contributed by atoms with Gasteiger partial charge in [-0.3, -0.25) is 9.69 Å². The molecule has 0 aliphatic carbocycles. The van der Waals surface area contributed by atoms with Gasteiger partial charge in [-0.05, 0) is 53.6 Å². The monoisotopic (exact) mass is 359 g/mol. The molecule has 27 heavy (non-hydrogen) atoms. The van der Waals surface area contributed by atoms with Gasteiger partial charge in [-0.1, -0.05) is 42.5 Å². The van der Waals surface area contributed by atoms with E-state index in [1.807, 2.05) is 60.7 Å². The van der Waals surface area contributed by atoms with E-state index in [0.717, 1.165) is 22.6 Å². The molecule has 134 valence electrons. The van der Waals surface area contributed by atoms with E-state index in [2.05, 4.69) is 0 Å². The highest BCUT2D eigenvalue weighted by molar-refractivity contribution is 6.18. The van der Waals surface area contributed by atoms with Crippen LogP contribution in [0.5, 0.6) is 5.75 Å². The number of ether oxygens (including phenoxy) is 1. The Balaban J connectivity index is 1.73. The summed E-state index contributed by atoms with van der Waals surface area (Å²) < 4.78 is 18.4. The number of nitrogens with zero attached hydrogens (tertiary/aromatic N) is 1. The molecule has 3 aromatic rings. The van der Waals surface area contributed by atoms with Crippen LogP contribution in [0.25, 0.3) is 6.08 Å². The van der Waals surface area contributed by atoms with Crippen molar-refractivity contribution in [1.29, 1.82) is 0 Å². The van der Waals surface area contributed by atoms with Crippen molar-refractivity contribution in [3.63, 3.8) is 0 Å². The molecule has 1 fully saturated rings. The fourth-order valence-corrected chi connectivity index (χ4v) is 3.30. The van der Waals surface area contributed by atoms with Crippen LogP contribution >= 0.6 is 0 Å². The van der Waals surface area contributed by atoms with Crippen molar-refractivity contribution >= 4 is 17.7 Å². The van der Waals surface area contributed by atoms with Crippen LogP contribution in [-0.2, 0) is 4.79 Å². The molecule has 0 spiro atoms. The lowest BCUT2D eigenvalue weighted by Gasteiger charge is -2.43. The number of carbonyl (C=O) groups excluding carboxylic acids is 1. The van der Waals surface area contributed by atoms with Crippen LogP contribution in [-0.4, -0.2) is 13.0 Å². The van der Waals surface area contributed by atoms with Gasteiger partial charge in [0.2, 0.25) is 0 Å². The van der Waals surface area contributed by atoms with Crippen molar-refractivity contribution in [2.75, 3.05) is 12.0 Å². The summed E-state index contributed by atoms with van der Waals surface area (Å²) >= 11 is 0. The maximum atomic E-state index is 13.2. The minimum absolute atomic E-state index is 0.0571. The summed E-state index contributed by atoms with van der Waals surface area (Å²) in [6.07, 6.45) is 1.83. The fourth-order valence-electron chi connectivity index (χ4n) is 3.30. The minimum Gasteiger partial charge on any atom is -0.497 e. The van der Waals surface area contributed by atoms with Crippen LogP contribution in [0.4, 0.5) is 10.1 Å². The predicted octanol–water partition coefficient (Wildman–Crippen LogP) is 5.01. The highest BCUT2D eigenvalue weighted by Crippen LogP contribution is 2.44. The van der Waals surface area contributed by atoms with E-state index in [0.29, 0.717) is 5.57 Å². The average molecular weight is 359 g/mol. The second-order valence-electron chi connectivity index (χ2n) is 6.34. The van der Waals surface area contributed by atoms with Crippen LogP contribution < -0.4 is 9.64 Å². The van der Waals surface area contributed by atoms with Gasteiger partial charge in [0.25, 0.3) is 5.91 Å². The van der Waals surface area contributed by atoms with Gasteiger partial charge in [-0.15, -0.1) is 0 Å². The number of methoxy groups -OCH3 is 1. The highest BCUT2D eigenvalue weighted by atomic mass is 19.1. The molecule has 0 bridgehead atoms. The summed E-state index contributed by atoms with van der Waals surface area (Å²) in [4.78, 5) is 14.7. The smallest absolute Gasteiger partial charge is 0.257 e. The molecule has 4 heteroatoms. The van der Waals surface area contributed by atoms with E-state index in [1.165, 1.54) is 12.1 Å². The molecular formula is C23H18FNO2. The molecule has 1 atom stereocenters. The summed E-state index contributed by atoms with van der Waals surface area (Å²) in [5.41, 5.74) is 3.32. The lowest BCUT2D eigenvalue weighted by molar-refractivity contribution is -0.118. The third kappa shape index (κ3) is 3.22.